The van der Waals surface area contributed by atoms with Crippen LogP contribution in [0.2, 0.25) is 0 Å². The molecule has 6 heteroatoms. The van der Waals surface area contributed by atoms with Gasteiger partial charge in [-0.15, -0.1) is 0 Å². The van der Waals surface area contributed by atoms with Gasteiger partial charge in [-0.25, -0.2) is 0 Å². The van der Waals surface area contributed by atoms with E-state index in [9.17, 15) is 0 Å². The van der Waals surface area contributed by atoms with E-state index in [1.54, 1.807) is 0 Å². The normalized spacial score (nSPS) is 13.6. The van der Waals surface area contributed by atoms with Crippen LogP contribution in [0, 0.1) is 0 Å². The fourth-order valence-corrected chi connectivity index (χ4v) is 13.6. The van der Waals surface area contributed by atoms with Crippen LogP contribution in [0.15, 0.2) is 209 Å². The van der Waals surface area contributed by atoms with Gasteiger partial charge in [0.2, 0.25) is 0 Å². The maximum atomic E-state index is 7.25. The molecular formula is C79H76BN3O2. The zero-order valence-electron chi connectivity index (χ0n) is 51.9. The molecule has 5 nitrogen and oxygen atoms in total. The molecule has 0 aliphatic carbocycles. The summed E-state index contributed by atoms with van der Waals surface area (Å²) in [6, 6.07) is 75.6. The lowest BCUT2D eigenvalue weighted by Crippen LogP contribution is -2.61. The number of anilines is 9. The van der Waals surface area contributed by atoms with E-state index in [1.807, 2.05) is 0 Å². The Hall–Kier alpha value is -8.74. The van der Waals surface area contributed by atoms with E-state index in [1.165, 1.54) is 49.9 Å². The fourth-order valence-electron chi connectivity index (χ4n) is 13.6. The van der Waals surface area contributed by atoms with Crippen LogP contribution in [0.4, 0.5) is 51.2 Å². The van der Waals surface area contributed by atoms with Gasteiger partial charge in [-0.2, -0.15) is 0 Å². The van der Waals surface area contributed by atoms with Gasteiger partial charge in [-0.05, 0) is 133 Å². The quantitative estimate of drug-likeness (QED) is 0.149. The van der Waals surface area contributed by atoms with E-state index >= 15 is 0 Å². The summed E-state index contributed by atoms with van der Waals surface area (Å²) in [6.45, 7) is 32.2. The molecule has 0 radical (unpaired) electrons. The van der Waals surface area contributed by atoms with Gasteiger partial charge in [-0.1, -0.05) is 230 Å². The smallest absolute Gasteiger partial charge is 0.252 e. The number of benzene rings is 10. The van der Waals surface area contributed by atoms with Crippen molar-refractivity contribution in [1.82, 2.24) is 0 Å². The molecule has 0 N–H and O–H groups in total. The van der Waals surface area contributed by atoms with Gasteiger partial charge < -0.3 is 23.5 Å². The van der Waals surface area contributed by atoms with Crippen LogP contribution in [0.3, 0.4) is 0 Å². The minimum absolute atomic E-state index is 0.0304. The van der Waals surface area contributed by atoms with Crippen LogP contribution in [-0.2, 0) is 21.7 Å². The predicted molar refractivity (Wildman–Crippen MR) is 364 cm³/mol. The third-order valence-corrected chi connectivity index (χ3v) is 18.2. The van der Waals surface area contributed by atoms with Gasteiger partial charge in [0.05, 0.1) is 17.1 Å². The molecule has 0 bridgehead atoms. The summed E-state index contributed by atoms with van der Waals surface area (Å²) >= 11 is 0. The first-order chi connectivity index (χ1) is 40.5. The highest BCUT2D eigenvalue weighted by atomic mass is 16.3. The molecule has 10 aromatic carbocycles. The van der Waals surface area contributed by atoms with Crippen molar-refractivity contribution in [2.45, 2.75) is 125 Å². The number of fused-ring (bicyclic) bond motifs is 10. The Balaban J connectivity index is 1.13. The fraction of sp³-hybridized carbons (Fsp3) is 0.241. The van der Waals surface area contributed by atoms with Crippen LogP contribution in [0.25, 0.3) is 55.0 Å². The molecule has 4 heterocycles. The van der Waals surface area contributed by atoms with Gasteiger partial charge >= 0.3 is 0 Å². The van der Waals surface area contributed by atoms with Crippen molar-refractivity contribution in [1.29, 1.82) is 0 Å². The lowest BCUT2D eigenvalue weighted by Gasteiger charge is -2.46. The van der Waals surface area contributed by atoms with E-state index in [-0.39, 0.29) is 28.4 Å². The molecular weight excluding hydrogens is 1030 g/mol. The second-order valence-corrected chi connectivity index (χ2v) is 28.4. The Labute approximate surface area is 502 Å². The van der Waals surface area contributed by atoms with Crippen molar-refractivity contribution in [3.05, 3.63) is 228 Å². The van der Waals surface area contributed by atoms with E-state index in [0.29, 0.717) is 5.92 Å². The van der Waals surface area contributed by atoms with Crippen molar-refractivity contribution in [3.63, 3.8) is 0 Å². The Morgan fingerprint density at radius 1 is 0.388 bits per heavy atom. The predicted octanol–water partition coefficient (Wildman–Crippen LogP) is 21.0. The summed E-state index contributed by atoms with van der Waals surface area (Å²) in [7, 11) is 0. The standard InChI is InChI=1S/C79H76BN3O2/c1-48(2)49-32-38-53(39-33-49)81(68-30-21-27-59-57-23-16-18-31-71(57)84-75(59)68)55-46-69-72-70(47-55)83(65-29-17-15-22-56(65)58-24-19-25-60-61-26-20-28-62(79(12,13)14)74(61)85-73(58)60)67-43-37-52(78(9,10)11)45-64(67)80(72)63-44-51(77(6,7)8)36-42-66(63)82(69)54-40-34-50(35-41-54)76(3,4)5/h15-48H,1-14H3. The second-order valence-electron chi connectivity index (χ2n) is 28.4. The number of para-hydroxylation sites is 5. The highest BCUT2D eigenvalue weighted by Gasteiger charge is 2.45. The van der Waals surface area contributed by atoms with Gasteiger partial charge in [-0.3, -0.25) is 0 Å². The first-order valence-electron chi connectivity index (χ1n) is 30.5. The lowest BCUT2D eigenvalue weighted by molar-refractivity contribution is 0.573. The minimum Gasteiger partial charge on any atom is -0.455 e. The Morgan fingerprint density at radius 3 is 1.55 bits per heavy atom. The van der Waals surface area contributed by atoms with E-state index in [0.717, 1.165) is 101 Å². The van der Waals surface area contributed by atoms with Crippen LogP contribution in [0.5, 0.6) is 0 Å². The average molecular weight is 1110 g/mol. The molecule has 2 aliphatic rings. The monoisotopic (exact) mass is 1110 g/mol. The molecule has 0 unspecified atom stereocenters. The first kappa shape index (κ1) is 54.2. The summed E-state index contributed by atoms with van der Waals surface area (Å²) in [5.41, 5.74) is 25.2. The van der Waals surface area contributed by atoms with Gasteiger partial charge in [0.1, 0.15) is 16.7 Å². The maximum Gasteiger partial charge on any atom is 0.252 e. The summed E-state index contributed by atoms with van der Waals surface area (Å²) in [5, 5.41) is 4.42. The molecule has 0 amide bonds. The summed E-state index contributed by atoms with van der Waals surface area (Å²) in [6.07, 6.45) is 0. The SMILES string of the molecule is CC(C)c1ccc(N(c2cc3c4c(c2)N(c2ccccc2-c2cccc5c2oc2c(C(C)(C)C)cccc25)c2ccc(C(C)(C)C)cc2B4c2cc(C(C)(C)C)ccc2N3c2ccc(C(C)(C)C)cc2)c2cccc3c2oc2ccccc23)cc1. The summed E-state index contributed by atoms with van der Waals surface area (Å²) in [4.78, 5) is 7.61. The van der Waals surface area contributed by atoms with Crippen LogP contribution >= 0.6 is 0 Å². The molecule has 0 saturated heterocycles. The van der Waals surface area contributed by atoms with Gasteiger partial charge in [0.15, 0.2) is 5.58 Å². The average Bonchev–Trinajstić information content (AvgIpc) is 1.35. The van der Waals surface area contributed by atoms with Gasteiger partial charge in [0, 0.05) is 72.4 Å². The number of hydrogen-bond donors (Lipinski definition) is 0. The largest absolute Gasteiger partial charge is 0.455 e. The summed E-state index contributed by atoms with van der Waals surface area (Å²) < 4.78 is 14.3. The van der Waals surface area contributed by atoms with Crippen molar-refractivity contribution < 1.29 is 8.83 Å². The van der Waals surface area contributed by atoms with Crippen LogP contribution in [0.1, 0.15) is 131 Å². The Bertz CT molecular complexity index is 4630. The van der Waals surface area contributed by atoms with E-state index < -0.39 is 0 Å². The summed E-state index contributed by atoms with van der Waals surface area (Å²) in [5.74, 6) is 0.363. The van der Waals surface area contributed by atoms with E-state index in [4.69, 9.17) is 8.83 Å². The van der Waals surface area contributed by atoms with Gasteiger partial charge in [0.25, 0.3) is 6.71 Å². The molecule has 0 atom stereocenters. The Kier molecular flexibility index (Phi) is 12.4. The number of furan rings is 2. The molecule has 2 aliphatic heterocycles. The minimum atomic E-state index is -0.130. The maximum absolute atomic E-state index is 7.25. The first-order valence-corrected chi connectivity index (χ1v) is 30.5. The van der Waals surface area contributed by atoms with E-state index in [2.05, 4.69) is 312 Å². The van der Waals surface area contributed by atoms with Crippen molar-refractivity contribution in [3.8, 4) is 11.1 Å². The van der Waals surface area contributed by atoms with Crippen molar-refractivity contribution >= 4 is 118 Å². The third kappa shape index (κ3) is 8.88. The Morgan fingerprint density at radius 2 is 0.918 bits per heavy atom. The third-order valence-electron chi connectivity index (χ3n) is 18.2. The van der Waals surface area contributed by atoms with Crippen molar-refractivity contribution in [2.75, 3.05) is 14.7 Å². The number of nitrogens with zero attached hydrogens (tertiary/aromatic N) is 3. The molecule has 0 saturated carbocycles. The van der Waals surface area contributed by atoms with Crippen molar-refractivity contribution in [2.24, 2.45) is 0 Å². The molecule has 0 spiro atoms. The molecule has 14 rings (SSSR count). The highest BCUT2D eigenvalue weighted by Crippen LogP contribution is 2.53. The molecule has 2 aromatic heterocycles. The molecule has 422 valence electrons. The molecule has 0 fully saturated rings. The molecule has 12 aromatic rings. The number of hydrogen-bond acceptors (Lipinski definition) is 5. The van der Waals surface area contributed by atoms with Crippen LogP contribution < -0.4 is 31.1 Å². The van der Waals surface area contributed by atoms with Crippen LogP contribution in [-0.4, -0.2) is 6.71 Å². The number of rotatable bonds is 7. The molecule has 85 heavy (non-hydrogen) atoms. The zero-order chi connectivity index (χ0) is 59.2. The topological polar surface area (TPSA) is 36.0 Å². The zero-order valence-corrected chi connectivity index (χ0v) is 51.9. The highest BCUT2D eigenvalue weighted by molar-refractivity contribution is 7.00. The second kappa shape index (κ2) is 19.4. The lowest BCUT2D eigenvalue weighted by atomic mass is 9.33.